The Kier molecular flexibility index (Phi) is 5.15. The van der Waals surface area contributed by atoms with Crippen LogP contribution >= 0.6 is 0 Å². The van der Waals surface area contributed by atoms with Gasteiger partial charge in [-0.3, -0.25) is 9.78 Å². The number of ether oxygens (including phenoxy) is 2. The molecule has 1 aliphatic heterocycles. The third-order valence-corrected chi connectivity index (χ3v) is 7.11. The predicted molar refractivity (Wildman–Crippen MR) is 132 cm³/mol. The van der Waals surface area contributed by atoms with Gasteiger partial charge in [0.05, 0.1) is 35.9 Å². The minimum absolute atomic E-state index is 0.0638. The number of methoxy groups -OCH3 is 2. The fourth-order valence-electron chi connectivity index (χ4n) is 4.86. The standard InChI is InChI=1S/C26H25FN6O3/c1-13(35-2)24-29-11-17-19(33-24)14(7-10-28-17)20-21(31-16-6-4-5-15(27)22(16)36-3)18-23(32-20)26(8-9-26)12-30-25(18)34/h4-7,10-11,13,31-32H,8-9,12H2,1-3H3,(H,30,34). The molecular formula is C26H25FN6O3. The largest absolute Gasteiger partial charge is 0.492 e. The van der Waals surface area contributed by atoms with Crippen molar-refractivity contribution in [1.29, 1.82) is 0 Å². The van der Waals surface area contributed by atoms with Crippen molar-refractivity contribution in [3.05, 3.63) is 59.6 Å². The molecule has 0 saturated heterocycles. The van der Waals surface area contributed by atoms with Crippen LogP contribution in [-0.4, -0.2) is 46.6 Å². The summed E-state index contributed by atoms with van der Waals surface area (Å²) < 4.78 is 25.3. The first-order chi connectivity index (χ1) is 17.5. The number of carbonyl (C=O) groups is 1. The number of nitrogens with one attached hydrogen (secondary N) is 3. The highest BCUT2D eigenvalue weighted by Gasteiger charge is 2.51. The molecule has 6 rings (SSSR count). The van der Waals surface area contributed by atoms with E-state index in [0.29, 0.717) is 46.0 Å². The molecular weight excluding hydrogens is 463 g/mol. The molecule has 1 unspecified atom stereocenters. The fourth-order valence-corrected chi connectivity index (χ4v) is 4.86. The maximum atomic E-state index is 14.5. The third kappa shape index (κ3) is 3.40. The van der Waals surface area contributed by atoms with Crippen LogP contribution in [0.1, 0.15) is 47.7 Å². The zero-order valence-electron chi connectivity index (χ0n) is 20.1. The average Bonchev–Trinajstić information content (AvgIpc) is 3.58. The molecule has 4 aromatic rings. The molecule has 1 fully saturated rings. The first kappa shape index (κ1) is 22.4. The zero-order chi connectivity index (χ0) is 25.0. The fraction of sp³-hybridized carbons (Fsp3) is 0.308. The lowest BCUT2D eigenvalue weighted by molar-refractivity contribution is 0.0938. The van der Waals surface area contributed by atoms with Crippen LogP contribution < -0.4 is 15.4 Å². The Morgan fingerprint density at radius 2 is 2.03 bits per heavy atom. The maximum absolute atomic E-state index is 14.5. The number of benzene rings is 1. The summed E-state index contributed by atoms with van der Waals surface area (Å²) in [6.07, 6.45) is 4.97. The van der Waals surface area contributed by atoms with Crippen molar-refractivity contribution in [2.45, 2.75) is 31.3 Å². The van der Waals surface area contributed by atoms with Crippen molar-refractivity contribution in [3.63, 3.8) is 0 Å². The number of aromatic nitrogens is 4. The molecule has 3 aromatic heterocycles. The molecule has 1 atom stereocenters. The van der Waals surface area contributed by atoms with Crippen LogP contribution in [0.3, 0.4) is 0 Å². The molecule has 1 aromatic carbocycles. The van der Waals surface area contributed by atoms with Crippen LogP contribution in [0.25, 0.3) is 22.3 Å². The van der Waals surface area contributed by atoms with Gasteiger partial charge >= 0.3 is 0 Å². The van der Waals surface area contributed by atoms with Gasteiger partial charge in [0.2, 0.25) is 0 Å². The number of pyridine rings is 1. The molecule has 0 bridgehead atoms. The van der Waals surface area contributed by atoms with E-state index in [1.165, 1.54) is 13.2 Å². The summed E-state index contributed by atoms with van der Waals surface area (Å²) in [5.41, 5.74) is 4.83. The number of halogens is 1. The van der Waals surface area contributed by atoms with Crippen molar-refractivity contribution < 1.29 is 18.7 Å². The van der Waals surface area contributed by atoms with Crippen molar-refractivity contribution in [1.82, 2.24) is 25.3 Å². The van der Waals surface area contributed by atoms with Gasteiger partial charge in [-0.25, -0.2) is 14.4 Å². The summed E-state index contributed by atoms with van der Waals surface area (Å²) in [6, 6.07) is 6.48. The lowest BCUT2D eigenvalue weighted by atomic mass is 9.93. The molecule has 10 heteroatoms. The molecule has 1 saturated carbocycles. The second-order valence-electron chi connectivity index (χ2n) is 9.23. The number of anilines is 2. The summed E-state index contributed by atoms with van der Waals surface area (Å²) in [5, 5.41) is 6.34. The number of aromatic amines is 1. The van der Waals surface area contributed by atoms with E-state index in [1.807, 2.05) is 13.0 Å². The van der Waals surface area contributed by atoms with E-state index in [2.05, 4.69) is 25.6 Å². The first-order valence-electron chi connectivity index (χ1n) is 11.7. The Hall–Kier alpha value is -4.05. The molecule has 0 radical (unpaired) electrons. The van der Waals surface area contributed by atoms with Crippen LogP contribution in [0, 0.1) is 5.82 Å². The highest BCUT2D eigenvalue weighted by atomic mass is 19.1. The summed E-state index contributed by atoms with van der Waals surface area (Å²) in [7, 11) is 3.01. The van der Waals surface area contributed by atoms with Gasteiger partial charge in [0, 0.05) is 36.5 Å². The Morgan fingerprint density at radius 3 is 2.78 bits per heavy atom. The summed E-state index contributed by atoms with van der Waals surface area (Å²) in [4.78, 5) is 30.3. The lowest BCUT2D eigenvalue weighted by Crippen LogP contribution is -2.39. The summed E-state index contributed by atoms with van der Waals surface area (Å²) in [6.45, 7) is 2.45. The minimum Gasteiger partial charge on any atom is -0.492 e. The van der Waals surface area contributed by atoms with Gasteiger partial charge in [-0.05, 0) is 38.0 Å². The number of hydrogen-bond acceptors (Lipinski definition) is 7. The molecule has 1 spiro atoms. The second kappa shape index (κ2) is 8.27. The number of hydrogen-bond donors (Lipinski definition) is 3. The highest BCUT2D eigenvalue weighted by Crippen LogP contribution is 2.53. The van der Waals surface area contributed by atoms with E-state index in [-0.39, 0.29) is 23.2 Å². The van der Waals surface area contributed by atoms with Crippen molar-refractivity contribution in [2.24, 2.45) is 0 Å². The van der Waals surface area contributed by atoms with E-state index in [1.54, 1.807) is 31.6 Å². The molecule has 2 aliphatic rings. The van der Waals surface area contributed by atoms with Crippen molar-refractivity contribution >= 4 is 28.3 Å². The number of amides is 1. The Labute approximate surface area is 206 Å². The summed E-state index contributed by atoms with van der Waals surface area (Å²) >= 11 is 0. The van der Waals surface area contributed by atoms with Crippen LogP contribution in [0.2, 0.25) is 0 Å². The molecule has 36 heavy (non-hydrogen) atoms. The van der Waals surface area contributed by atoms with Gasteiger partial charge in [-0.15, -0.1) is 0 Å². The van der Waals surface area contributed by atoms with E-state index < -0.39 is 5.82 Å². The topological polar surface area (TPSA) is 114 Å². The van der Waals surface area contributed by atoms with Crippen LogP contribution in [0.15, 0.2) is 36.7 Å². The van der Waals surface area contributed by atoms with Crippen LogP contribution in [-0.2, 0) is 10.2 Å². The highest BCUT2D eigenvalue weighted by molar-refractivity contribution is 6.08. The minimum atomic E-state index is -0.503. The maximum Gasteiger partial charge on any atom is 0.255 e. The average molecular weight is 489 g/mol. The zero-order valence-corrected chi connectivity index (χ0v) is 20.1. The molecule has 1 aliphatic carbocycles. The van der Waals surface area contributed by atoms with E-state index in [9.17, 15) is 9.18 Å². The van der Waals surface area contributed by atoms with Crippen molar-refractivity contribution in [3.8, 4) is 17.0 Å². The number of nitrogens with zero attached hydrogens (tertiary/aromatic N) is 3. The van der Waals surface area contributed by atoms with E-state index in [4.69, 9.17) is 14.5 Å². The number of para-hydroxylation sites is 1. The van der Waals surface area contributed by atoms with Gasteiger partial charge in [0.15, 0.2) is 17.4 Å². The normalized spacial score (nSPS) is 16.5. The van der Waals surface area contributed by atoms with Gasteiger partial charge < -0.3 is 25.1 Å². The SMILES string of the molecule is COc1c(F)cccc1Nc1c(-c2ccnc3cnc(C(C)OC)nc23)[nH]c2c1C(=O)NCC21CC1. The van der Waals surface area contributed by atoms with Crippen LogP contribution in [0.4, 0.5) is 15.8 Å². The third-order valence-electron chi connectivity index (χ3n) is 7.11. The first-order valence-corrected chi connectivity index (χ1v) is 11.7. The molecule has 9 nitrogen and oxygen atoms in total. The predicted octanol–water partition coefficient (Wildman–Crippen LogP) is 4.39. The summed E-state index contributed by atoms with van der Waals surface area (Å²) in [5.74, 6) is -0.108. The number of carbonyl (C=O) groups excluding carboxylic acids is 1. The smallest absolute Gasteiger partial charge is 0.255 e. The van der Waals surface area contributed by atoms with E-state index >= 15 is 0 Å². The monoisotopic (exact) mass is 488 g/mol. The Bertz CT molecular complexity index is 1510. The Morgan fingerprint density at radius 1 is 1.19 bits per heavy atom. The van der Waals surface area contributed by atoms with Crippen LogP contribution in [0.5, 0.6) is 5.75 Å². The number of H-pyrrole nitrogens is 1. The second-order valence-corrected chi connectivity index (χ2v) is 9.23. The lowest BCUT2D eigenvalue weighted by Gasteiger charge is -2.23. The van der Waals surface area contributed by atoms with Crippen molar-refractivity contribution in [2.75, 3.05) is 26.1 Å². The number of rotatable bonds is 6. The molecule has 4 heterocycles. The Balaban J connectivity index is 1.61. The molecule has 1 amide bonds. The van der Waals surface area contributed by atoms with E-state index in [0.717, 1.165) is 24.1 Å². The molecule has 184 valence electrons. The number of fused-ring (bicyclic) bond motifs is 3. The van der Waals surface area contributed by atoms with Gasteiger partial charge in [0.1, 0.15) is 17.1 Å². The van der Waals surface area contributed by atoms with Gasteiger partial charge in [-0.2, -0.15) is 0 Å². The van der Waals surface area contributed by atoms with Gasteiger partial charge in [0.25, 0.3) is 5.91 Å². The van der Waals surface area contributed by atoms with Gasteiger partial charge in [-0.1, -0.05) is 6.07 Å². The molecule has 3 N–H and O–H groups in total. The quantitative estimate of drug-likeness (QED) is 0.369.